The summed E-state index contributed by atoms with van der Waals surface area (Å²) in [6.45, 7) is 3.63. The lowest BCUT2D eigenvalue weighted by molar-refractivity contribution is 0.210. The molecule has 0 aromatic carbocycles. The zero-order chi connectivity index (χ0) is 6.69. The van der Waals surface area contributed by atoms with E-state index >= 15 is 0 Å². The van der Waals surface area contributed by atoms with Gasteiger partial charge in [0.15, 0.2) is 0 Å². The molecule has 0 unspecified atom stereocenters. The predicted octanol–water partition coefficient (Wildman–Crippen LogP) is 1.50. The van der Waals surface area contributed by atoms with E-state index in [1.807, 2.05) is 12.2 Å². The minimum atomic E-state index is -0.199. The first-order valence-electron chi connectivity index (χ1n) is 3.30. The van der Waals surface area contributed by atoms with Gasteiger partial charge in [0.2, 0.25) is 0 Å². The molecule has 0 spiro atoms. The van der Waals surface area contributed by atoms with Crippen molar-refractivity contribution in [1.29, 1.82) is 0 Å². The zero-order valence-electron chi connectivity index (χ0n) is 5.46. The highest BCUT2D eigenvalue weighted by Gasteiger charge is 2.13. The van der Waals surface area contributed by atoms with Gasteiger partial charge in [0.25, 0.3) is 0 Å². The lowest BCUT2D eigenvalue weighted by atomic mass is 10.1. The van der Waals surface area contributed by atoms with Gasteiger partial charge in [-0.15, -0.1) is 6.58 Å². The molecule has 0 heterocycles. The van der Waals surface area contributed by atoms with Crippen LogP contribution in [0.4, 0.5) is 0 Å². The maximum atomic E-state index is 9.01. The first-order valence-corrected chi connectivity index (χ1v) is 3.30. The van der Waals surface area contributed by atoms with Gasteiger partial charge >= 0.3 is 0 Å². The van der Waals surface area contributed by atoms with E-state index < -0.39 is 0 Å². The van der Waals surface area contributed by atoms with Crippen LogP contribution in [-0.2, 0) is 0 Å². The van der Waals surface area contributed by atoms with Crippen LogP contribution < -0.4 is 0 Å². The summed E-state index contributed by atoms with van der Waals surface area (Å²) in [5, 5.41) is 9.01. The average Bonchev–Trinajstić information content (AvgIpc) is 2.17. The van der Waals surface area contributed by atoms with Crippen LogP contribution in [0.15, 0.2) is 24.8 Å². The fourth-order valence-electron chi connectivity index (χ4n) is 1.14. The standard InChI is InChI=1S/C8H12O/c1-2-3-7-4-5-8(9)6-7/h2,4-5,7-9H,1,3,6H2/t7-,8-/m0/s1. The number of hydrogen-bond acceptors (Lipinski definition) is 1. The second-order valence-corrected chi connectivity index (χ2v) is 2.47. The highest BCUT2D eigenvalue weighted by Crippen LogP contribution is 2.20. The summed E-state index contributed by atoms with van der Waals surface area (Å²) in [6, 6.07) is 0. The Bertz CT molecular complexity index is 127. The fraction of sp³-hybridized carbons (Fsp3) is 0.500. The Balaban J connectivity index is 2.31. The van der Waals surface area contributed by atoms with Gasteiger partial charge in [-0.25, -0.2) is 0 Å². The predicted molar refractivity (Wildman–Crippen MR) is 38.1 cm³/mol. The third kappa shape index (κ3) is 1.68. The molecular weight excluding hydrogens is 112 g/mol. The lowest BCUT2D eigenvalue weighted by Gasteiger charge is -2.02. The highest BCUT2D eigenvalue weighted by molar-refractivity contribution is 5.03. The Morgan fingerprint density at radius 1 is 1.67 bits per heavy atom. The molecule has 1 N–H and O–H groups in total. The molecule has 9 heavy (non-hydrogen) atoms. The largest absolute Gasteiger partial charge is 0.389 e. The van der Waals surface area contributed by atoms with Crippen molar-refractivity contribution >= 4 is 0 Å². The smallest absolute Gasteiger partial charge is 0.0726 e. The summed E-state index contributed by atoms with van der Waals surface area (Å²) in [4.78, 5) is 0. The maximum Gasteiger partial charge on any atom is 0.0726 e. The Morgan fingerprint density at radius 2 is 2.44 bits per heavy atom. The molecule has 50 valence electrons. The van der Waals surface area contributed by atoms with Crippen molar-refractivity contribution in [2.45, 2.75) is 18.9 Å². The van der Waals surface area contributed by atoms with E-state index in [0.717, 1.165) is 12.8 Å². The first-order chi connectivity index (χ1) is 4.33. The molecule has 1 aliphatic carbocycles. The van der Waals surface area contributed by atoms with Crippen LogP contribution in [0.1, 0.15) is 12.8 Å². The minimum absolute atomic E-state index is 0.199. The second-order valence-electron chi connectivity index (χ2n) is 2.47. The van der Waals surface area contributed by atoms with Crippen molar-refractivity contribution in [1.82, 2.24) is 0 Å². The van der Waals surface area contributed by atoms with Gasteiger partial charge in [0, 0.05) is 0 Å². The van der Waals surface area contributed by atoms with Gasteiger partial charge in [0.05, 0.1) is 6.10 Å². The average molecular weight is 124 g/mol. The van der Waals surface area contributed by atoms with Crippen molar-refractivity contribution < 1.29 is 5.11 Å². The fourth-order valence-corrected chi connectivity index (χ4v) is 1.14. The van der Waals surface area contributed by atoms with E-state index in [1.165, 1.54) is 0 Å². The van der Waals surface area contributed by atoms with E-state index in [4.69, 9.17) is 5.11 Å². The first kappa shape index (κ1) is 6.56. The van der Waals surface area contributed by atoms with Crippen molar-refractivity contribution in [3.8, 4) is 0 Å². The van der Waals surface area contributed by atoms with Crippen LogP contribution in [0.25, 0.3) is 0 Å². The van der Waals surface area contributed by atoms with Crippen LogP contribution in [0.2, 0.25) is 0 Å². The molecule has 0 radical (unpaired) electrons. The van der Waals surface area contributed by atoms with Gasteiger partial charge in [-0.2, -0.15) is 0 Å². The molecule has 1 nitrogen and oxygen atoms in total. The molecule has 0 amide bonds. The summed E-state index contributed by atoms with van der Waals surface area (Å²) < 4.78 is 0. The third-order valence-corrected chi connectivity index (χ3v) is 1.62. The SMILES string of the molecule is C=CC[C@H]1C=C[C@H](O)C1. The molecular formula is C8H12O. The van der Waals surface area contributed by atoms with Crippen LogP contribution >= 0.6 is 0 Å². The normalized spacial score (nSPS) is 33.0. The van der Waals surface area contributed by atoms with Crippen molar-refractivity contribution in [2.75, 3.05) is 0 Å². The lowest BCUT2D eigenvalue weighted by Crippen LogP contribution is -2.00. The summed E-state index contributed by atoms with van der Waals surface area (Å²) in [7, 11) is 0. The number of hydrogen-bond donors (Lipinski definition) is 1. The van der Waals surface area contributed by atoms with E-state index in [1.54, 1.807) is 0 Å². The van der Waals surface area contributed by atoms with Crippen LogP contribution in [0.5, 0.6) is 0 Å². The van der Waals surface area contributed by atoms with Crippen LogP contribution in [0.3, 0.4) is 0 Å². The molecule has 0 saturated heterocycles. The quantitative estimate of drug-likeness (QED) is 0.553. The van der Waals surface area contributed by atoms with E-state index in [0.29, 0.717) is 5.92 Å². The molecule has 0 aromatic heterocycles. The van der Waals surface area contributed by atoms with Gasteiger partial charge < -0.3 is 5.11 Å². The number of rotatable bonds is 2. The molecule has 1 aliphatic rings. The molecule has 1 rings (SSSR count). The van der Waals surface area contributed by atoms with Gasteiger partial charge in [-0.05, 0) is 18.8 Å². The molecule has 1 heteroatoms. The highest BCUT2D eigenvalue weighted by atomic mass is 16.3. The second kappa shape index (κ2) is 2.83. The van der Waals surface area contributed by atoms with E-state index in [-0.39, 0.29) is 6.10 Å². The van der Waals surface area contributed by atoms with Crippen molar-refractivity contribution in [3.63, 3.8) is 0 Å². The molecule has 0 bridgehead atoms. The zero-order valence-corrected chi connectivity index (χ0v) is 5.46. The Labute approximate surface area is 55.7 Å². The van der Waals surface area contributed by atoms with E-state index in [2.05, 4.69) is 12.7 Å². The Hall–Kier alpha value is -0.560. The number of aliphatic hydroxyl groups excluding tert-OH is 1. The molecule has 0 saturated carbocycles. The summed E-state index contributed by atoms with van der Waals surface area (Å²) in [6.07, 6.45) is 7.49. The van der Waals surface area contributed by atoms with Gasteiger partial charge in [0.1, 0.15) is 0 Å². The summed E-state index contributed by atoms with van der Waals surface area (Å²) in [5.41, 5.74) is 0. The molecule has 2 atom stereocenters. The molecule has 0 fully saturated rings. The Kier molecular flexibility index (Phi) is 2.06. The van der Waals surface area contributed by atoms with Gasteiger partial charge in [-0.1, -0.05) is 18.2 Å². The Morgan fingerprint density at radius 3 is 2.89 bits per heavy atom. The minimum Gasteiger partial charge on any atom is -0.389 e. The van der Waals surface area contributed by atoms with Gasteiger partial charge in [-0.3, -0.25) is 0 Å². The topological polar surface area (TPSA) is 20.2 Å². The maximum absolute atomic E-state index is 9.01. The van der Waals surface area contributed by atoms with Crippen molar-refractivity contribution in [3.05, 3.63) is 24.8 Å². The summed E-state index contributed by atoms with van der Waals surface area (Å²) >= 11 is 0. The van der Waals surface area contributed by atoms with E-state index in [9.17, 15) is 0 Å². The number of allylic oxidation sites excluding steroid dienone is 2. The third-order valence-electron chi connectivity index (χ3n) is 1.62. The monoisotopic (exact) mass is 124 g/mol. The summed E-state index contributed by atoms with van der Waals surface area (Å²) in [5.74, 6) is 0.539. The van der Waals surface area contributed by atoms with Crippen LogP contribution in [-0.4, -0.2) is 11.2 Å². The number of aliphatic hydroxyl groups is 1. The van der Waals surface area contributed by atoms with Crippen molar-refractivity contribution in [2.24, 2.45) is 5.92 Å². The molecule has 0 aliphatic heterocycles. The molecule has 0 aromatic rings. The van der Waals surface area contributed by atoms with Crippen LogP contribution in [0, 0.1) is 5.92 Å².